The van der Waals surface area contributed by atoms with Crippen LogP contribution < -0.4 is 0 Å². The first kappa shape index (κ1) is 24.0. The van der Waals surface area contributed by atoms with Gasteiger partial charge in [-0.25, -0.2) is 0 Å². The molecule has 2 aromatic heterocycles. The first-order chi connectivity index (χ1) is 17.6. The van der Waals surface area contributed by atoms with Crippen LogP contribution in [0.15, 0.2) is 42.5 Å². The third kappa shape index (κ3) is 4.70. The molecular formula is C29H34N4O3. The highest BCUT2D eigenvalue weighted by Crippen LogP contribution is 2.40. The number of hydrogen-bond donors (Lipinski definition) is 3. The van der Waals surface area contributed by atoms with Crippen LogP contribution in [0.4, 0.5) is 0 Å². The number of allylic oxidation sites excluding steroid dienone is 1. The second-order valence-corrected chi connectivity index (χ2v) is 9.69. The fraction of sp³-hybridized carbons (Fsp3) is 0.379. The van der Waals surface area contributed by atoms with Gasteiger partial charge in [0, 0.05) is 16.7 Å². The molecule has 0 bridgehead atoms. The first-order valence-corrected chi connectivity index (χ1v) is 13.0. The maximum atomic E-state index is 11.3. The van der Waals surface area contributed by atoms with Crippen molar-refractivity contribution >= 4 is 17.1 Å². The fourth-order valence-electron chi connectivity index (χ4n) is 5.07. The number of aromatic nitrogens is 4. The average Bonchev–Trinajstić information content (AvgIpc) is 3.43. The largest absolute Gasteiger partial charge is 0.505 e. The van der Waals surface area contributed by atoms with Crippen LogP contribution in [0.5, 0.6) is 17.5 Å². The molecule has 7 nitrogen and oxygen atoms in total. The van der Waals surface area contributed by atoms with Crippen LogP contribution >= 0.6 is 0 Å². The third-order valence-electron chi connectivity index (χ3n) is 7.07. The highest BCUT2D eigenvalue weighted by Gasteiger charge is 2.24. The summed E-state index contributed by atoms with van der Waals surface area (Å²) >= 11 is 0. The summed E-state index contributed by atoms with van der Waals surface area (Å²) in [6.45, 7) is 2.36. The van der Waals surface area contributed by atoms with Gasteiger partial charge in [0.25, 0.3) is 0 Å². The van der Waals surface area contributed by atoms with Gasteiger partial charge in [-0.15, -0.1) is 15.0 Å². The molecule has 0 saturated carbocycles. The van der Waals surface area contributed by atoms with Crippen LogP contribution in [-0.2, 0) is 19.4 Å². The fourth-order valence-corrected chi connectivity index (χ4v) is 5.07. The lowest BCUT2D eigenvalue weighted by molar-refractivity contribution is 0.372. The minimum absolute atomic E-state index is 0.0173. The molecule has 0 saturated heterocycles. The molecule has 7 heteroatoms. The summed E-state index contributed by atoms with van der Waals surface area (Å²) in [4.78, 5) is 1.48. The van der Waals surface area contributed by atoms with E-state index in [1.165, 1.54) is 35.0 Å². The maximum absolute atomic E-state index is 11.3. The highest BCUT2D eigenvalue weighted by molar-refractivity contribution is 5.74. The minimum atomic E-state index is 0.0173. The van der Waals surface area contributed by atoms with E-state index < -0.39 is 0 Å². The molecule has 0 radical (unpaired) electrons. The summed E-state index contributed by atoms with van der Waals surface area (Å²) in [5, 5.41) is 42.2. The summed E-state index contributed by atoms with van der Waals surface area (Å²) in [6.07, 6.45) is 13.4. The molecule has 0 atom stereocenters. The molecule has 4 aromatic rings. The van der Waals surface area contributed by atoms with E-state index in [2.05, 4.69) is 17.1 Å². The molecule has 2 aromatic carbocycles. The number of fused-ring (bicyclic) bond motifs is 2. The van der Waals surface area contributed by atoms with Gasteiger partial charge in [0.05, 0.1) is 6.54 Å². The zero-order valence-corrected chi connectivity index (χ0v) is 20.8. The van der Waals surface area contributed by atoms with Gasteiger partial charge >= 0.3 is 0 Å². The van der Waals surface area contributed by atoms with Crippen LogP contribution in [0.1, 0.15) is 74.1 Å². The molecule has 0 amide bonds. The monoisotopic (exact) mass is 486 g/mol. The molecule has 1 aliphatic carbocycles. The van der Waals surface area contributed by atoms with Crippen molar-refractivity contribution in [2.45, 2.75) is 71.3 Å². The first-order valence-electron chi connectivity index (χ1n) is 13.0. The quantitative estimate of drug-likeness (QED) is 0.230. The molecule has 188 valence electrons. The van der Waals surface area contributed by atoms with Crippen molar-refractivity contribution in [2.75, 3.05) is 0 Å². The number of unbranched alkanes of at least 4 members (excludes halogenated alkanes) is 5. The Kier molecular flexibility index (Phi) is 6.98. The lowest BCUT2D eigenvalue weighted by Crippen LogP contribution is -2.06. The Balaban J connectivity index is 1.50. The Morgan fingerprint density at radius 2 is 1.61 bits per heavy atom. The predicted octanol–water partition coefficient (Wildman–Crippen LogP) is 6.25. The number of phenolic OH excluding ortho intramolecular Hbond substituents is 1. The Morgan fingerprint density at radius 1 is 0.889 bits per heavy atom. The molecule has 0 spiro atoms. The second kappa shape index (κ2) is 10.5. The number of aromatic hydroxyl groups is 3. The number of nitrogens with zero attached hydrogens (tertiary/aromatic N) is 4. The normalized spacial score (nSPS) is 12.9. The Morgan fingerprint density at radius 3 is 2.33 bits per heavy atom. The summed E-state index contributed by atoms with van der Waals surface area (Å²) in [5.41, 5.74) is 5.09. The van der Waals surface area contributed by atoms with Gasteiger partial charge in [-0.05, 0) is 49.4 Å². The molecule has 36 heavy (non-hydrogen) atoms. The smallest absolute Gasteiger partial charge is 0.201 e. The van der Waals surface area contributed by atoms with Crippen molar-refractivity contribution in [1.82, 2.24) is 19.6 Å². The van der Waals surface area contributed by atoms with E-state index >= 15 is 0 Å². The number of rotatable bonds is 10. The second-order valence-electron chi connectivity index (χ2n) is 9.69. The van der Waals surface area contributed by atoms with Crippen molar-refractivity contribution in [2.24, 2.45) is 0 Å². The standard InChI is InChI=1S/C29H34N4O3/c1-2-3-4-5-6-7-12-20-17-21(19-32-28(35)22-13-8-9-14-23(22)29(32)36)27(34)26(18-20)33-30-24-15-10-11-16-25(24)31-33/h8,10-11,13,15-18,34-36H,2-7,9,12,14,19H2,1H3. The molecule has 0 aliphatic heterocycles. The van der Waals surface area contributed by atoms with Crippen molar-refractivity contribution in [3.8, 4) is 23.2 Å². The van der Waals surface area contributed by atoms with E-state index in [4.69, 9.17) is 0 Å². The summed E-state index contributed by atoms with van der Waals surface area (Å²) in [7, 11) is 0. The minimum Gasteiger partial charge on any atom is -0.505 e. The number of phenols is 1. The van der Waals surface area contributed by atoms with Gasteiger partial charge in [0.1, 0.15) is 22.5 Å². The van der Waals surface area contributed by atoms with E-state index in [0.717, 1.165) is 47.8 Å². The van der Waals surface area contributed by atoms with Crippen LogP contribution in [0.3, 0.4) is 0 Å². The summed E-state index contributed by atoms with van der Waals surface area (Å²) in [5.74, 6) is 0.115. The van der Waals surface area contributed by atoms with Gasteiger partial charge in [-0.1, -0.05) is 69.4 Å². The Labute approximate surface area is 211 Å². The third-order valence-corrected chi connectivity index (χ3v) is 7.07. The van der Waals surface area contributed by atoms with E-state index in [9.17, 15) is 15.3 Å². The molecule has 0 unspecified atom stereocenters. The van der Waals surface area contributed by atoms with Gasteiger partial charge in [0.2, 0.25) is 5.88 Å². The van der Waals surface area contributed by atoms with Crippen LogP contribution in [0, 0.1) is 0 Å². The lowest BCUT2D eigenvalue weighted by Gasteiger charge is -2.14. The van der Waals surface area contributed by atoms with Crippen LogP contribution in [0.2, 0.25) is 0 Å². The maximum Gasteiger partial charge on any atom is 0.201 e. The molecule has 2 heterocycles. The van der Waals surface area contributed by atoms with Crippen LogP contribution in [-0.4, -0.2) is 34.9 Å². The van der Waals surface area contributed by atoms with Gasteiger partial charge < -0.3 is 15.3 Å². The molecule has 1 aliphatic rings. The van der Waals surface area contributed by atoms with Crippen molar-refractivity contribution < 1.29 is 15.3 Å². The average molecular weight is 487 g/mol. The number of hydrogen-bond acceptors (Lipinski definition) is 5. The van der Waals surface area contributed by atoms with Gasteiger partial charge in [-0.2, -0.15) is 0 Å². The number of aryl methyl sites for hydroxylation is 1. The Bertz CT molecular complexity index is 1370. The molecular weight excluding hydrogens is 452 g/mol. The van der Waals surface area contributed by atoms with Crippen LogP contribution in [0.25, 0.3) is 22.8 Å². The van der Waals surface area contributed by atoms with Crippen molar-refractivity contribution in [3.63, 3.8) is 0 Å². The summed E-state index contributed by atoms with van der Waals surface area (Å²) < 4.78 is 1.47. The predicted molar refractivity (Wildman–Crippen MR) is 142 cm³/mol. The number of benzene rings is 2. The van der Waals surface area contributed by atoms with E-state index in [1.807, 2.05) is 48.6 Å². The zero-order chi connectivity index (χ0) is 25.1. The zero-order valence-electron chi connectivity index (χ0n) is 20.8. The topological polar surface area (TPSA) is 96.3 Å². The Hall–Kier alpha value is -3.74. The van der Waals surface area contributed by atoms with Crippen molar-refractivity contribution in [1.29, 1.82) is 0 Å². The molecule has 0 fully saturated rings. The van der Waals surface area contributed by atoms with E-state index in [1.54, 1.807) is 0 Å². The van der Waals surface area contributed by atoms with E-state index in [0.29, 0.717) is 23.2 Å². The summed E-state index contributed by atoms with van der Waals surface area (Å²) in [6, 6.07) is 11.5. The van der Waals surface area contributed by atoms with E-state index in [-0.39, 0.29) is 24.1 Å². The SMILES string of the molecule is CCCCCCCCc1cc(Cn2c(O)c3c(c2O)CCC=C3)c(O)c(-n2nc3ccccc3n2)c1. The van der Waals surface area contributed by atoms with Gasteiger partial charge in [-0.3, -0.25) is 4.57 Å². The van der Waals surface area contributed by atoms with Crippen molar-refractivity contribution in [3.05, 3.63) is 64.7 Å². The lowest BCUT2D eigenvalue weighted by atomic mass is 10.0. The van der Waals surface area contributed by atoms with Gasteiger partial charge in [0.15, 0.2) is 5.88 Å². The molecule has 5 rings (SSSR count). The highest BCUT2D eigenvalue weighted by atomic mass is 16.3. The molecule has 3 N–H and O–H groups in total.